The van der Waals surface area contributed by atoms with E-state index in [0.717, 1.165) is 25.0 Å². The molecule has 0 radical (unpaired) electrons. The molecule has 2 aliphatic heterocycles. The number of hydrogen-bond acceptors (Lipinski definition) is 4. The third kappa shape index (κ3) is 3.07. The predicted octanol–water partition coefficient (Wildman–Crippen LogP) is 1.77. The molecule has 0 spiro atoms. The topological polar surface area (TPSA) is 77.3 Å². The second-order valence-electron chi connectivity index (χ2n) is 7.76. The molecule has 0 aromatic carbocycles. The summed E-state index contributed by atoms with van der Waals surface area (Å²) in [6.45, 7) is 2.02. The smallest absolute Gasteiger partial charge is 0.243 e. The highest BCUT2D eigenvalue weighted by Crippen LogP contribution is 2.47. The summed E-state index contributed by atoms with van der Waals surface area (Å²) in [4.78, 5) is 33.4. The van der Waals surface area contributed by atoms with Crippen LogP contribution in [0.4, 0.5) is 0 Å². The van der Waals surface area contributed by atoms with Gasteiger partial charge < -0.3 is 9.80 Å². The Kier molecular flexibility index (Phi) is 4.39. The van der Waals surface area contributed by atoms with Crippen LogP contribution in [0.5, 0.6) is 0 Å². The van der Waals surface area contributed by atoms with Crippen LogP contribution < -0.4 is 0 Å². The van der Waals surface area contributed by atoms with Gasteiger partial charge in [-0.3, -0.25) is 14.6 Å². The fourth-order valence-corrected chi connectivity index (χ4v) is 4.41. The first-order chi connectivity index (χ1) is 12.6. The molecule has 1 aromatic rings. The van der Waals surface area contributed by atoms with E-state index in [0.29, 0.717) is 44.8 Å². The molecule has 3 fully saturated rings. The summed E-state index contributed by atoms with van der Waals surface area (Å²) in [5, 5.41) is 9.29. The van der Waals surface area contributed by atoms with Gasteiger partial charge in [-0.05, 0) is 43.7 Å². The average Bonchev–Trinajstić information content (AvgIpc) is 3.48. The molecule has 0 unspecified atom stereocenters. The van der Waals surface area contributed by atoms with E-state index >= 15 is 0 Å². The van der Waals surface area contributed by atoms with Crippen LogP contribution in [0, 0.1) is 22.7 Å². The molecule has 6 nitrogen and oxygen atoms in total. The molecule has 2 saturated heterocycles. The third-order valence-electron chi connectivity index (χ3n) is 6.14. The number of piperidine rings is 2. The van der Waals surface area contributed by atoms with Gasteiger partial charge in [0.15, 0.2) is 0 Å². The lowest BCUT2D eigenvalue weighted by Gasteiger charge is -2.47. The van der Waals surface area contributed by atoms with Crippen LogP contribution in [0.3, 0.4) is 0 Å². The van der Waals surface area contributed by atoms with Crippen LogP contribution in [0.25, 0.3) is 0 Å². The normalized spacial score (nSPS) is 26.8. The van der Waals surface area contributed by atoms with Gasteiger partial charge >= 0.3 is 0 Å². The second kappa shape index (κ2) is 6.71. The number of amides is 2. The van der Waals surface area contributed by atoms with Gasteiger partial charge in [-0.25, -0.2) is 0 Å². The predicted molar refractivity (Wildman–Crippen MR) is 94.6 cm³/mol. The highest BCUT2D eigenvalue weighted by Gasteiger charge is 2.53. The zero-order chi connectivity index (χ0) is 18.1. The Morgan fingerprint density at radius 1 is 1.35 bits per heavy atom. The number of pyridine rings is 1. The standard InChI is InChI=1S/C20H24N4O2/c21-14-20(8-9-20)19(26)23-11-7-17-15(13-23)4-5-18(25)24(17)12-6-16-3-1-2-10-22-16/h1-3,10,15,17H,4-9,11-13H2/t15-,17+/m0/s1. The van der Waals surface area contributed by atoms with E-state index in [1.807, 2.05) is 28.0 Å². The Morgan fingerprint density at radius 3 is 2.88 bits per heavy atom. The van der Waals surface area contributed by atoms with Gasteiger partial charge in [-0.1, -0.05) is 6.07 Å². The van der Waals surface area contributed by atoms with Gasteiger partial charge in [-0.15, -0.1) is 0 Å². The minimum Gasteiger partial charge on any atom is -0.341 e. The second-order valence-corrected chi connectivity index (χ2v) is 7.76. The maximum absolute atomic E-state index is 12.7. The average molecular weight is 352 g/mol. The number of carbonyl (C=O) groups is 2. The maximum Gasteiger partial charge on any atom is 0.243 e. The zero-order valence-corrected chi connectivity index (χ0v) is 14.9. The molecule has 136 valence electrons. The van der Waals surface area contributed by atoms with E-state index in [4.69, 9.17) is 0 Å². The van der Waals surface area contributed by atoms with E-state index in [1.54, 1.807) is 6.20 Å². The molecule has 3 aliphatic rings. The molecule has 0 N–H and O–H groups in total. The van der Waals surface area contributed by atoms with E-state index in [9.17, 15) is 14.9 Å². The van der Waals surface area contributed by atoms with Crippen molar-refractivity contribution in [3.63, 3.8) is 0 Å². The van der Waals surface area contributed by atoms with Crippen LogP contribution in [0.15, 0.2) is 24.4 Å². The summed E-state index contributed by atoms with van der Waals surface area (Å²) in [7, 11) is 0. The van der Waals surface area contributed by atoms with Crippen LogP contribution >= 0.6 is 0 Å². The number of rotatable bonds is 4. The third-order valence-corrected chi connectivity index (χ3v) is 6.14. The molecule has 2 atom stereocenters. The number of nitriles is 1. The minimum atomic E-state index is -0.740. The number of hydrogen-bond donors (Lipinski definition) is 0. The summed E-state index contributed by atoms with van der Waals surface area (Å²) in [5.74, 6) is 0.552. The van der Waals surface area contributed by atoms with Gasteiger partial charge in [-0.2, -0.15) is 5.26 Å². The number of carbonyl (C=O) groups excluding carboxylic acids is 2. The van der Waals surface area contributed by atoms with Crippen molar-refractivity contribution in [3.05, 3.63) is 30.1 Å². The summed E-state index contributed by atoms with van der Waals surface area (Å²) in [6, 6.07) is 8.28. The van der Waals surface area contributed by atoms with Crippen molar-refractivity contribution in [2.75, 3.05) is 19.6 Å². The minimum absolute atomic E-state index is 0.00962. The molecular weight excluding hydrogens is 328 g/mol. The number of fused-ring (bicyclic) bond motifs is 1. The summed E-state index contributed by atoms with van der Waals surface area (Å²) in [6.07, 6.45) is 6.13. The van der Waals surface area contributed by atoms with Crippen molar-refractivity contribution < 1.29 is 9.59 Å². The van der Waals surface area contributed by atoms with E-state index < -0.39 is 5.41 Å². The van der Waals surface area contributed by atoms with E-state index in [2.05, 4.69) is 11.1 Å². The molecule has 2 amide bonds. The molecule has 1 saturated carbocycles. The molecule has 4 rings (SSSR count). The largest absolute Gasteiger partial charge is 0.341 e. The zero-order valence-electron chi connectivity index (χ0n) is 14.9. The molecule has 6 heteroatoms. The van der Waals surface area contributed by atoms with Gasteiger partial charge in [0.1, 0.15) is 5.41 Å². The highest BCUT2D eigenvalue weighted by molar-refractivity contribution is 5.88. The lowest BCUT2D eigenvalue weighted by atomic mass is 9.83. The van der Waals surface area contributed by atoms with E-state index in [1.165, 1.54) is 0 Å². The number of likely N-dealkylation sites (tertiary alicyclic amines) is 2. The molecular formula is C20H24N4O2. The van der Waals surface area contributed by atoms with Gasteiger partial charge in [0.05, 0.1) is 6.07 Å². The number of nitrogens with zero attached hydrogens (tertiary/aromatic N) is 4. The first-order valence-corrected chi connectivity index (χ1v) is 9.53. The lowest BCUT2D eigenvalue weighted by Crippen LogP contribution is -2.58. The Hall–Kier alpha value is -2.42. The van der Waals surface area contributed by atoms with E-state index in [-0.39, 0.29) is 17.9 Å². The Balaban J connectivity index is 1.41. The van der Waals surface area contributed by atoms with Crippen molar-refractivity contribution in [2.24, 2.45) is 11.3 Å². The molecule has 1 aromatic heterocycles. The highest BCUT2D eigenvalue weighted by atomic mass is 16.2. The molecule has 26 heavy (non-hydrogen) atoms. The Labute approximate surface area is 153 Å². The van der Waals surface area contributed by atoms with Crippen LogP contribution in [-0.4, -0.2) is 52.3 Å². The first kappa shape index (κ1) is 17.0. The fourth-order valence-electron chi connectivity index (χ4n) is 4.41. The van der Waals surface area contributed by atoms with Gasteiger partial charge in [0.2, 0.25) is 11.8 Å². The maximum atomic E-state index is 12.7. The SMILES string of the molecule is N#CC1(C(=O)N2CC[C@@H]3[C@@H](CCC(=O)N3CCc3ccccn3)C2)CC1. The number of aromatic nitrogens is 1. The summed E-state index contributed by atoms with van der Waals surface area (Å²) >= 11 is 0. The Morgan fingerprint density at radius 2 is 2.19 bits per heavy atom. The van der Waals surface area contributed by atoms with Crippen molar-refractivity contribution in [2.45, 2.75) is 44.6 Å². The summed E-state index contributed by atoms with van der Waals surface area (Å²) < 4.78 is 0. The molecule has 3 heterocycles. The van der Waals surface area contributed by atoms with Gasteiger partial charge in [0, 0.05) is 50.4 Å². The van der Waals surface area contributed by atoms with Gasteiger partial charge in [0.25, 0.3) is 0 Å². The molecule has 1 aliphatic carbocycles. The quantitative estimate of drug-likeness (QED) is 0.827. The van der Waals surface area contributed by atoms with Crippen molar-refractivity contribution >= 4 is 11.8 Å². The monoisotopic (exact) mass is 352 g/mol. The van der Waals surface area contributed by atoms with Crippen molar-refractivity contribution in [3.8, 4) is 6.07 Å². The van der Waals surface area contributed by atoms with Crippen molar-refractivity contribution in [1.82, 2.24) is 14.8 Å². The lowest BCUT2D eigenvalue weighted by molar-refractivity contribution is -0.145. The molecule has 0 bridgehead atoms. The van der Waals surface area contributed by atoms with Crippen molar-refractivity contribution in [1.29, 1.82) is 5.26 Å². The summed E-state index contributed by atoms with van der Waals surface area (Å²) in [5.41, 5.74) is 0.260. The van der Waals surface area contributed by atoms with Crippen LogP contribution in [0.2, 0.25) is 0 Å². The van der Waals surface area contributed by atoms with Crippen LogP contribution in [0.1, 0.15) is 37.8 Å². The Bertz CT molecular complexity index is 738. The fraction of sp³-hybridized carbons (Fsp3) is 0.600. The first-order valence-electron chi connectivity index (χ1n) is 9.53. The van der Waals surface area contributed by atoms with Crippen LogP contribution in [-0.2, 0) is 16.0 Å².